The summed E-state index contributed by atoms with van der Waals surface area (Å²) in [6.07, 6.45) is 26.2. The number of rotatable bonds is 30. The van der Waals surface area contributed by atoms with Crippen LogP contribution < -0.4 is 0 Å². The lowest BCUT2D eigenvalue weighted by atomic mass is 9.85. The number of ketones is 1. The lowest BCUT2D eigenvalue weighted by Crippen LogP contribution is -2.47. The molecule has 0 spiro atoms. The van der Waals surface area contributed by atoms with Gasteiger partial charge in [-0.05, 0) is 61.5 Å². The normalized spacial score (nSPS) is 20.2. The highest BCUT2D eigenvalue weighted by Crippen LogP contribution is 2.40. The summed E-state index contributed by atoms with van der Waals surface area (Å²) in [6.45, 7) is 7.50. The number of unbranched alkanes of at least 4 members (excludes halogenated alkanes) is 16. The number of Topliss-reactive ketones (excluding diaryl/α,β-unsaturated/α-hetero) is 1. The maximum absolute atomic E-state index is 15.2. The fourth-order valence-electron chi connectivity index (χ4n) is 9.08. The first-order valence-electron chi connectivity index (χ1n) is 24.2. The van der Waals surface area contributed by atoms with Crippen molar-refractivity contribution >= 4 is 17.7 Å². The van der Waals surface area contributed by atoms with E-state index in [2.05, 4.69) is 20.8 Å². The Morgan fingerprint density at radius 2 is 1.22 bits per heavy atom. The first kappa shape index (κ1) is 48.6. The molecule has 2 aromatic carbocycles. The Morgan fingerprint density at radius 3 is 1.76 bits per heavy atom. The SMILES string of the molecule is CCCCCCCCCCCCCCCCCC(OC(=O)C1CCOC1)OC(C(=O)OC1CC(C)CCC(CC(=O)CCCCC)C1)(c1ccccc1)c1ccccc1. The molecule has 59 heavy (non-hydrogen) atoms. The molecule has 1 aliphatic carbocycles. The van der Waals surface area contributed by atoms with E-state index in [1.807, 2.05) is 60.7 Å². The van der Waals surface area contributed by atoms with Crippen molar-refractivity contribution in [2.24, 2.45) is 17.8 Å². The minimum atomic E-state index is -1.68. The van der Waals surface area contributed by atoms with E-state index in [1.165, 1.54) is 77.0 Å². The van der Waals surface area contributed by atoms with Gasteiger partial charge in [0.2, 0.25) is 11.9 Å². The van der Waals surface area contributed by atoms with Crippen LogP contribution in [-0.4, -0.2) is 43.3 Å². The molecule has 0 bridgehead atoms. The van der Waals surface area contributed by atoms with Crippen LogP contribution in [0.1, 0.15) is 199 Å². The van der Waals surface area contributed by atoms with Crippen molar-refractivity contribution < 1.29 is 33.3 Å². The van der Waals surface area contributed by atoms with Gasteiger partial charge in [0, 0.05) is 25.9 Å². The molecule has 1 saturated heterocycles. The largest absolute Gasteiger partial charge is 0.460 e. The minimum absolute atomic E-state index is 0.170. The van der Waals surface area contributed by atoms with E-state index in [0.29, 0.717) is 68.1 Å². The maximum atomic E-state index is 15.2. The van der Waals surface area contributed by atoms with Gasteiger partial charge in [-0.1, -0.05) is 191 Å². The van der Waals surface area contributed by atoms with Gasteiger partial charge in [0.05, 0.1) is 12.5 Å². The molecule has 0 amide bonds. The maximum Gasteiger partial charge on any atom is 0.348 e. The second kappa shape index (κ2) is 28.5. The van der Waals surface area contributed by atoms with Crippen molar-refractivity contribution in [3.63, 3.8) is 0 Å². The summed E-state index contributed by atoms with van der Waals surface area (Å²) in [4.78, 5) is 41.8. The zero-order chi connectivity index (χ0) is 42.0. The molecule has 0 radical (unpaired) electrons. The third-order valence-corrected chi connectivity index (χ3v) is 12.7. The summed E-state index contributed by atoms with van der Waals surface area (Å²) in [7, 11) is 0. The Morgan fingerprint density at radius 1 is 0.678 bits per heavy atom. The van der Waals surface area contributed by atoms with Gasteiger partial charge < -0.3 is 18.9 Å². The molecule has 7 heteroatoms. The third kappa shape index (κ3) is 17.5. The molecule has 2 aliphatic rings. The van der Waals surface area contributed by atoms with Gasteiger partial charge >= 0.3 is 11.9 Å². The van der Waals surface area contributed by atoms with Crippen LogP contribution >= 0.6 is 0 Å². The Hall–Kier alpha value is -3.03. The van der Waals surface area contributed by atoms with Crippen LogP contribution in [0.3, 0.4) is 0 Å². The quantitative estimate of drug-likeness (QED) is 0.0336. The Balaban J connectivity index is 1.47. The molecular weight excluding hydrogens is 737 g/mol. The molecule has 0 aromatic heterocycles. The average Bonchev–Trinajstić information content (AvgIpc) is 3.74. The van der Waals surface area contributed by atoms with Crippen LogP contribution in [0.25, 0.3) is 0 Å². The molecule has 0 N–H and O–H groups in total. The average molecular weight is 817 g/mol. The molecule has 330 valence electrons. The Labute approximate surface area is 358 Å². The van der Waals surface area contributed by atoms with E-state index < -0.39 is 17.9 Å². The number of hydrogen-bond donors (Lipinski definition) is 0. The molecule has 5 unspecified atom stereocenters. The first-order valence-corrected chi connectivity index (χ1v) is 24.2. The second-order valence-electron chi connectivity index (χ2n) is 17.9. The molecular formula is C52H80O7. The summed E-state index contributed by atoms with van der Waals surface area (Å²) in [5.41, 5.74) is -0.430. The first-order chi connectivity index (χ1) is 28.8. The molecule has 4 rings (SSSR count). The van der Waals surface area contributed by atoms with Crippen LogP contribution in [-0.2, 0) is 38.9 Å². The standard InChI is InChI=1S/C52H80O7/c1-4-6-8-9-10-11-12-13-14-15-16-17-18-19-27-33-49(58-50(54)44-36-37-56-41-44)59-52(45-28-23-20-24-29-45,46-30-25-21-26-31-46)51(55)57-48-38-42(3)34-35-43(40-48)39-47(53)32-22-7-5-2/h20-21,23-26,28-31,42-44,48-49H,4-19,22,27,32-41H2,1-3H3. The fraction of sp³-hybridized carbons (Fsp3) is 0.712. The zero-order valence-corrected chi connectivity index (χ0v) is 37.3. The van der Waals surface area contributed by atoms with E-state index in [9.17, 15) is 9.59 Å². The minimum Gasteiger partial charge on any atom is -0.460 e. The van der Waals surface area contributed by atoms with Crippen LogP contribution in [0.15, 0.2) is 60.7 Å². The van der Waals surface area contributed by atoms with Gasteiger partial charge in [-0.2, -0.15) is 0 Å². The summed E-state index contributed by atoms with van der Waals surface area (Å²) >= 11 is 0. The molecule has 1 saturated carbocycles. The van der Waals surface area contributed by atoms with E-state index >= 15 is 4.79 Å². The summed E-state index contributed by atoms with van der Waals surface area (Å²) in [5.74, 6) is -0.381. The number of carbonyl (C=O) groups excluding carboxylic acids is 3. The van der Waals surface area contributed by atoms with Crippen molar-refractivity contribution in [2.45, 2.75) is 206 Å². The smallest absolute Gasteiger partial charge is 0.348 e. The predicted molar refractivity (Wildman–Crippen MR) is 238 cm³/mol. The van der Waals surface area contributed by atoms with E-state index in [1.54, 1.807) is 0 Å². The van der Waals surface area contributed by atoms with Gasteiger partial charge in [-0.3, -0.25) is 9.59 Å². The van der Waals surface area contributed by atoms with E-state index in [4.69, 9.17) is 18.9 Å². The van der Waals surface area contributed by atoms with Crippen molar-refractivity contribution in [1.82, 2.24) is 0 Å². The summed E-state index contributed by atoms with van der Waals surface area (Å²) in [6, 6.07) is 19.1. The highest BCUT2D eigenvalue weighted by Gasteiger charge is 2.49. The zero-order valence-electron chi connectivity index (χ0n) is 37.3. The van der Waals surface area contributed by atoms with Crippen molar-refractivity contribution in [3.8, 4) is 0 Å². The highest BCUT2D eigenvalue weighted by atomic mass is 16.7. The molecule has 7 nitrogen and oxygen atoms in total. The van der Waals surface area contributed by atoms with Crippen molar-refractivity contribution in [3.05, 3.63) is 71.8 Å². The number of carbonyl (C=O) groups is 3. The van der Waals surface area contributed by atoms with Crippen LogP contribution in [0, 0.1) is 17.8 Å². The number of esters is 2. The number of hydrogen-bond acceptors (Lipinski definition) is 7. The van der Waals surface area contributed by atoms with E-state index in [0.717, 1.165) is 57.8 Å². The lowest BCUT2D eigenvalue weighted by Gasteiger charge is -2.37. The van der Waals surface area contributed by atoms with Crippen LogP contribution in [0.5, 0.6) is 0 Å². The Kier molecular flexibility index (Phi) is 23.5. The topological polar surface area (TPSA) is 88.1 Å². The molecule has 1 heterocycles. The lowest BCUT2D eigenvalue weighted by molar-refractivity contribution is -0.225. The molecule has 2 fully saturated rings. The summed E-state index contributed by atoms with van der Waals surface area (Å²) < 4.78 is 25.5. The van der Waals surface area contributed by atoms with Crippen LogP contribution in [0.4, 0.5) is 0 Å². The predicted octanol–water partition coefficient (Wildman–Crippen LogP) is 13.4. The van der Waals surface area contributed by atoms with Gasteiger partial charge in [-0.15, -0.1) is 0 Å². The van der Waals surface area contributed by atoms with Gasteiger partial charge in [-0.25, -0.2) is 4.79 Å². The second-order valence-corrected chi connectivity index (χ2v) is 17.9. The number of benzene rings is 2. The van der Waals surface area contributed by atoms with Crippen molar-refractivity contribution in [1.29, 1.82) is 0 Å². The Bertz CT molecular complexity index is 1380. The third-order valence-electron chi connectivity index (χ3n) is 12.7. The fourth-order valence-corrected chi connectivity index (χ4v) is 9.08. The van der Waals surface area contributed by atoms with Crippen LogP contribution in [0.2, 0.25) is 0 Å². The monoisotopic (exact) mass is 817 g/mol. The summed E-state index contributed by atoms with van der Waals surface area (Å²) in [5, 5.41) is 0. The van der Waals surface area contributed by atoms with Gasteiger partial charge in [0.15, 0.2) is 0 Å². The van der Waals surface area contributed by atoms with E-state index in [-0.39, 0.29) is 23.9 Å². The molecule has 1 aliphatic heterocycles. The highest BCUT2D eigenvalue weighted by molar-refractivity contribution is 5.86. The van der Waals surface area contributed by atoms with Gasteiger partial charge in [0.1, 0.15) is 11.9 Å². The van der Waals surface area contributed by atoms with Gasteiger partial charge in [0.25, 0.3) is 0 Å². The molecule has 5 atom stereocenters. The molecule has 2 aromatic rings. The number of ether oxygens (including phenoxy) is 4. The van der Waals surface area contributed by atoms with Crippen molar-refractivity contribution in [2.75, 3.05) is 13.2 Å².